The summed E-state index contributed by atoms with van der Waals surface area (Å²) in [5.41, 5.74) is 2.86. The van der Waals surface area contributed by atoms with E-state index in [1.165, 1.54) is 4.90 Å². The number of fused-ring (bicyclic) bond motifs is 1. The van der Waals surface area contributed by atoms with Gasteiger partial charge in [-0.25, -0.2) is 4.79 Å². The second-order valence-electron chi connectivity index (χ2n) is 7.67. The zero-order valence-corrected chi connectivity index (χ0v) is 18.5. The minimum atomic E-state index is -0.726. The van der Waals surface area contributed by atoms with Gasteiger partial charge in [-0.05, 0) is 48.7 Å². The Morgan fingerprint density at radius 3 is 2.69 bits per heavy atom. The van der Waals surface area contributed by atoms with Gasteiger partial charge in [-0.2, -0.15) is 0 Å². The summed E-state index contributed by atoms with van der Waals surface area (Å²) in [6.45, 7) is 1.92. The Hall–Kier alpha value is -3.10. The lowest BCUT2D eigenvalue weighted by Crippen LogP contribution is -2.52. The molecule has 2 aromatic carbocycles. The number of aryl methyl sites for hydroxylation is 1. The highest BCUT2D eigenvalue weighted by Gasteiger charge is 2.40. The van der Waals surface area contributed by atoms with E-state index in [4.69, 9.17) is 27.9 Å². The number of hydrogen-bond acceptors (Lipinski definition) is 5. The van der Waals surface area contributed by atoms with Crippen molar-refractivity contribution in [3.63, 3.8) is 0 Å². The molecule has 0 aliphatic carbocycles. The van der Waals surface area contributed by atoms with Gasteiger partial charge < -0.3 is 9.64 Å². The molecule has 2 N–H and O–H groups in total. The van der Waals surface area contributed by atoms with Gasteiger partial charge in [0.1, 0.15) is 12.6 Å². The summed E-state index contributed by atoms with van der Waals surface area (Å²) in [7, 11) is 0. The Bertz CT molecular complexity index is 1150. The average molecular weight is 476 g/mol. The highest BCUT2D eigenvalue weighted by Crippen LogP contribution is 2.33. The lowest BCUT2D eigenvalue weighted by atomic mass is 10.0. The molecular weight excluding hydrogens is 457 g/mol. The molecule has 32 heavy (non-hydrogen) atoms. The fourth-order valence-electron chi connectivity index (χ4n) is 3.73. The van der Waals surface area contributed by atoms with E-state index in [0.717, 1.165) is 5.56 Å². The first-order valence-corrected chi connectivity index (χ1v) is 10.6. The third kappa shape index (κ3) is 4.42. The van der Waals surface area contributed by atoms with Crippen molar-refractivity contribution in [2.75, 3.05) is 5.32 Å². The highest BCUT2D eigenvalue weighted by atomic mass is 35.5. The number of rotatable bonds is 4. The van der Waals surface area contributed by atoms with E-state index in [1.807, 2.05) is 6.92 Å². The Morgan fingerprint density at radius 1 is 1.19 bits per heavy atom. The molecule has 1 atom stereocenters. The third-order valence-electron chi connectivity index (χ3n) is 5.45. The van der Waals surface area contributed by atoms with Gasteiger partial charge >= 0.3 is 6.09 Å². The number of piperidine rings is 1. The lowest BCUT2D eigenvalue weighted by molar-refractivity contribution is -0.136. The molecule has 1 saturated heterocycles. The second kappa shape index (κ2) is 8.80. The number of amides is 4. The fraction of sp³-hybridized carbons (Fsp3) is 0.273. The van der Waals surface area contributed by atoms with Crippen LogP contribution in [0.25, 0.3) is 0 Å². The van der Waals surface area contributed by atoms with E-state index in [0.29, 0.717) is 32.4 Å². The van der Waals surface area contributed by atoms with Crippen molar-refractivity contribution < 1.29 is 23.9 Å². The number of halogens is 2. The molecule has 1 unspecified atom stereocenters. The van der Waals surface area contributed by atoms with E-state index in [9.17, 15) is 19.2 Å². The second-order valence-corrected chi connectivity index (χ2v) is 8.48. The number of hydrogen-bond donors (Lipinski definition) is 2. The van der Waals surface area contributed by atoms with Gasteiger partial charge in [0.25, 0.3) is 5.91 Å². The average Bonchev–Trinajstić information content (AvgIpc) is 3.06. The first-order valence-electron chi connectivity index (χ1n) is 9.89. The summed E-state index contributed by atoms with van der Waals surface area (Å²) >= 11 is 12.4. The van der Waals surface area contributed by atoms with E-state index in [1.54, 1.807) is 30.3 Å². The number of imide groups is 1. The molecule has 2 aliphatic heterocycles. The van der Waals surface area contributed by atoms with Crippen molar-refractivity contribution >= 4 is 52.7 Å². The molecule has 4 amide bonds. The van der Waals surface area contributed by atoms with Crippen LogP contribution in [0.5, 0.6) is 0 Å². The SMILES string of the molecule is Cc1ccc(NC(=O)OCc2cc(Cl)c3c(c2)C(=O)N(C2CCC(=O)NC2=O)C3)cc1Cl. The van der Waals surface area contributed by atoms with Crippen LogP contribution in [0, 0.1) is 6.92 Å². The van der Waals surface area contributed by atoms with Crippen LogP contribution in [0.1, 0.15) is 39.9 Å². The zero-order chi connectivity index (χ0) is 23.0. The molecule has 0 aromatic heterocycles. The quantitative estimate of drug-likeness (QED) is 0.654. The Labute approximate surface area is 193 Å². The molecule has 0 saturated carbocycles. The largest absolute Gasteiger partial charge is 0.444 e. The molecule has 0 spiro atoms. The van der Waals surface area contributed by atoms with Crippen LogP contribution in [-0.2, 0) is 27.5 Å². The van der Waals surface area contributed by atoms with Crippen molar-refractivity contribution in [3.8, 4) is 0 Å². The van der Waals surface area contributed by atoms with Gasteiger partial charge in [-0.3, -0.25) is 25.0 Å². The monoisotopic (exact) mass is 475 g/mol. The standard InChI is InChI=1S/C22H19Cl2N3O5/c1-11-2-3-13(8-16(11)23)25-22(31)32-10-12-6-14-15(17(24)7-12)9-27(21(14)30)18-4-5-19(28)26-20(18)29/h2-3,6-8,18H,4-5,9-10H2,1H3,(H,25,31)(H,26,28,29). The molecule has 2 aromatic rings. The molecule has 2 heterocycles. The predicted octanol–water partition coefficient (Wildman–Crippen LogP) is 3.81. The van der Waals surface area contributed by atoms with Crippen LogP contribution in [-0.4, -0.2) is 34.8 Å². The van der Waals surface area contributed by atoms with E-state index >= 15 is 0 Å². The highest BCUT2D eigenvalue weighted by molar-refractivity contribution is 6.32. The molecule has 10 heteroatoms. The normalized spacial score (nSPS) is 17.8. The molecule has 8 nitrogen and oxygen atoms in total. The first kappa shape index (κ1) is 22.1. The predicted molar refractivity (Wildman–Crippen MR) is 117 cm³/mol. The van der Waals surface area contributed by atoms with Crippen molar-refractivity contribution in [3.05, 3.63) is 62.6 Å². The summed E-state index contributed by atoms with van der Waals surface area (Å²) in [6.07, 6.45) is -0.246. The summed E-state index contributed by atoms with van der Waals surface area (Å²) in [5, 5.41) is 5.71. The molecular formula is C22H19Cl2N3O5. The third-order valence-corrected chi connectivity index (χ3v) is 6.19. The number of carbonyl (C=O) groups excluding carboxylic acids is 4. The Balaban J connectivity index is 1.43. The number of nitrogens with one attached hydrogen (secondary N) is 2. The molecule has 1 fully saturated rings. The van der Waals surface area contributed by atoms with Crippen LogP contribution in [0.3, 0.4) is 0 Å². The summed E-state index contributed by atoms with van der Waals surface area (Å²) in [6, 6.07) is 7.60. The Kier molecular flexibility index (Phi) is 6.08. The Morgan fingerprint density at radius 2 is 1.97 bits per heavy atom. The summed E-state index contributed by atoms with van der Waals surface area (Å²) in [4.78, 5) is 50.1. The minimum Gasteiger partial charge on any atom is -0.444 e. The maximum Gasteiger partial charge on any atom is 0.411 e. The van der Waals surface area contributed by atoms with Crippen molar-refractivity contribution in [1.29, 1.82) is 0 Å². The summed E-state index contributed by atoms with van der Waals surface area (Å²) in [5.74, 6) is -1.19. The van der Waals surface area contributed by atoms with Gasteiger partial charge in [-0.15, -0.1) is 0 Å². The van der Waals surface area contributed by atoms with E-state index in [2.05, 4.69) is 10.6 Å². The van der Waals surface area contributed by atoms with Crippen molar-refractivity contribution in [2.24, 2.45) is 0 Å². The smallest absolute Gasteiger partial charge is 0.411 e. The number of ether oxygens (including phenoxy) is 1. The topological polar surface area (TPSA) is 105 Å². The molecule has 2 aliphatic rings. The van der Waals surface area contributed by atoms with Crippen LogP contribution >= 0.6 is 23.2 Å². The molecule has 4 rings (SSSR count). The number of nitrogens with zero attached hydrogens (tertiary/aromatic N) is 1. The van der Waals surface area contributed by atoms with E-state index in [-0.39, 0.29) is 37.8 Å². The van der Waals surface area contributed by atoms with Gasteiger partial charge in [0.15, 0.2) is 0 Å². The van der Waals surface area contributed by atoms with Crippen molar-refractivity contribution in [2.45, 2.75) is 39.0 Å². The molecule has 166 valence electrons. The van der Waals surface area contributed by atoms with Gasteiger partial charge in [0, 0.05) is 39.8 Å². The lowest BCUT2D eigenvalue weighted by Gasteiger charge is -2.29. The van der Waals surface area contributed by atoms with Gasteiger partial charge in [0.05, 0.1) is 0 Å². The minimum absolute atomic E-state index is 0.107. The summed E-state index contributed by atoms with van der Waals surface area (Å²) < 4.78 is 5.25. The van der Waals surface area contributed by atoms with Crippen LogP contribution in [0.4, 0.5) is 10.5 Å². The molecule has 0 bridgehead atoms. The van der Waals surface area contributed by atoms with Gasteiger partial charge in [-0.1, -0.05) is 29.3 Å². The number of benzene rings is 2. The van der Waals surface area contributed by atoms with Crippen LogP contribution in [0.2, 0.25) is 10.0 Å². The fourth-order valence-corrected chi connectivity index (χ4v) is 4.21. The maximum absolute atomic E-state index is 12.9. The number of anilines is 1. The van der Waals surface area contributed by atoms with E-state index < -0.39 is 18.0 Å². The molecule has 0 radical (unpaired) electrons. The van der Waals surface area contributed by atoms with Crippen LogP contribution in [0.15, 0.2) is 30.3 Å². The van der Waals surface area contributed by atoms with Crippen LogP contribution < -0.4 is 10.6 Å². The van der Waals surface area contributed by atoms with Gasteiger partial charge in [0.2, 0.25) is 11.8 Å². The van der Waals surface area contributed by atoms with Crippen molar-refractivity contribution in [1.82, 2.24) is 10.2 Å². The number of carbonyl (C=O) groups is 4. The zero-order valence-electron chi connectivity index (χ0n) is 17.0. The maximum atomic E-state index is 12.9. The first-order chi connectivity index (χ1) is 15.2.